The van der Waals surface area contributed by atoms with E-state index in [0.29, 0.717) is 33.5 Å². The number of pyridine rings is 1. The largest absolute Gasteiger partial charge is 0.492 e. The monoisotopic (exact) mass is 297 g/mol. The van der Waals surface area contributed by atoms with Crippen LogP contribution in [0.2, 0.25) is 10.0 Å². The van der Waals surface area contributed by atoms with E-state index in [4.69, 9.17) is 27.9 Å². The maximum atomic E-state index is 10.4. The summed E-state index contributed by atoms with van der Waals surface area (Å²) < 4.78 is 5.35. The molecule has 19 heavy (non-hydrogen) atoms. The van der Waals surface area contributed by atoms with Gasteiger partial charge in [-0.25, -0.2) is 0 Å². The molecule has 0 amide bonds. The maximum absolute atomic E-state index is 10.4. The third-order valence-electron chi connectivity index (χ3n) is 2.61. The minimum atomic E-state index is -0.890. The van der Waals surface area contributed by atoms with Gasteiger partial charge in [0.1, 0.15) is 11.9 Å². The highest BCUT2D eigenvalue weighted by Crippen LogP contribution is 2.31. The van der Waals surface area contributed by atoms with Crippen LogP contribution in [0, 0.1) is 0 Å². The molecule has 1 heterocycles. The summed E-state index contributed by atoms with van der Waals surface area (Å²) in [6, 6.07) is 6.71. The molecular formula is C14H13Cl2NO2. The predicted octanol–water partition coefficient (Wildman–Crippen LogP) is 3.87. The first kappa shape index (κ1) is 14.1. The lowest BCUT2D eigenvalue weighted by Crippen LogP contribution is -2.02. The molecule has 2 aromatic rings. The lowest BCUT2D eigenvalue weighted by atomic mass is 10.0. The summed E-state index contributed by atoms with van der Waals surface area (Å²) in [5.74, 6) is 0.609. The van der Waals surface area contributed by atoms with E-state index in [2.05, 4.69) is 4.98 Å². The molecule has 1 unspecified atom stereocenters. The number of aliphatic hydroxyl groups is 1. The van der Waals surface area contributed by atoms with Gasteiger partial charge in [-0.1, -0.05) is 23.2 Å². The van der Waals surface area contributed by atoms with E-state index in [0.717, 1.165) is 0 Å². The molecule has 0 aliphatic carbocycles. The van der Waals surface area contributed by atoms with Crippen LogP contribution in [-0.4, -0.2) is 16.7 Å². The first-order valence-corrected chi connectivity index (χ1v) is 6.58. The van der Waals surface area contributed by atoms with E-state index in [1.807, 2.05) is 6.92 Å². The SMILES string of the molecule is CCOc1cncc(C(O)c2cc(Cl)ccc2Cl)c1. The van der Waals surface area contributed by atoms with E-state index < -0.39 is 6.10 Å². The summed E-state index contributed by atoms with van der Waals surface area (Å²) in [5.41, 5.74) is 1.15. The Bertz CT molecular complexity index is 575. The second kappa shape index (κ2) is 6.24. The smallest absolute Gasteiger partial charge is 0.137 e. The van der Waals surface area contributed by atoms with Gasteiger partial charge in [0.2, 0.25) is 0 Å². The van der Waals surface area contributed by atoms with Gasteiger partial charge in [0.25, 0.3) is 0 Å². The second-order valence-electron chi connectivity index (χ2n) is 3.96. The van der Waals surface area contributed by atoms with Crippen molar-refractivity contribution in [2.45, 2.75) is 13.0 Å². The Morgan fingerprint density at radius 1 is 1.26 bits per heavy atom. The Labute approximate surface area is 121 Å². The molecule has 1 N–H and O–H groups in total. The minimum Gasteiger partial charge on any atom is -0.492 e. The Kier molecular flexibility index (Phi) is 4.64. The first-order chi connectivity index (χ1) is 9.11. The summed E-state index contributed by atoms with van der Waals surface area (Å²) in [4.78, 5) is 4.04. The number of hydrogen-bond acceptors (Lipinski definition) is 3. The molecule has 1 atom stereocenters. The third-order valence-corrected chi connectivity index (χ3v) is 3.19. The Morgan fingerprint density at radius 2 is 2.05 bits per heavy atom. The van der Waals surface area contributed by atoms with E-state index >= 15 is 0 Å². The number of ether oxygens (including phenoxy) is 1. The van der Waals surface area contributed by atoms with Crippen LogP contribution in [0.1, 0.15) is 24.2 Å². The minimum absolute atomic E-state index is 0.457. The third kappa shape index (κ3) is 3.38. The van der Waals surface area contributed by atoms with Crippen molar-refractivity contribution in [1.29, 1.82) is 0 Å². The topological polar surface area (TPSA) is 42.4 Å². The summed E-state index contributed by atoms with van der Waals surface area (Å²) in [7, 11) is 0. The van der Waals surface area contributed by atoms with Gasteiger partial charge in [0.15, 0.2) is 0 Å². The molecule has 2 rings (SSSR count). The van der Waals surface area contributed by atoms with Crippen LogP contribution in [0.15, 0.2) is 36.7 Å². The van der Waals surface area contributed by atoms with Gasteiger partial charge in [-0.3, -0.25) is 4.98 Å². The predicted molar refractivity (Wildman–Crippen MR) is 75.9 cm³/mol. The summed E-state index contributed by atoms with van der Waals surface area (Å²) >= 11 is 12.0. The fourth-order valence-electron chi connectivity index (χ4n) is 1.73. The molecule has 5 heteroatoms. The van der Waals surface area contributed by atoms with Crippen molar-refractivity contribution in [3.8, 4) is 5.75 Å². The molecule has 1 aromatic heterocycles. The van der Waals surface area contributed by atoms with Gasteiger partial charge in [0, 0.05) is 27.4 Å². The first-order valence-electron chi connectivity index (χ1n) is 5.82. The van der Waals surface area contributed by atoms with E-state index in [9.17, 15) is 5.11 Å². The van der Waals surface area contributed by atoms with Crippen molar-refractivity contribution in [2.75, 3.05) is 6.61 Å². The number of benzene rings is 1. The quantitative estimate of drug-likeness (QED) is 0.931. The van der Waals surface area contributed by atoms with Crippen LogP contribution >= 0.6 is 23.2 Å². The van der Waals surface area contributed by atoms with Gasteiger partial charge in [-0.05, 0) is 31.2 Å². The highest BCUT2D eigenvalue weighted by atomic mass is 35.5. The van der Waals surface area contributed by atoms with Gasteiger partial charge < -0.3 is 9.84 Å². The van der Waals surface area contributed by atoms with Crippen LogP contribution < -0.4 is 4.74 Å². The number of nitrogens with zero attached hydrogens (tertiary/aromatic N) is 1. The molecule has 0 saturated carbocycles. The van der Waals surface area contributed by atoms with Crippen LogP contribution in [0.3, 0.4) is 0 Å². The van der Waals surface area contributed by atoms with Crippen molar-refractivity contribution in [3.63, 3.8) is 0 Å². The number of hydrogen-bond donors (Lipinski definition) is 1. The molecule has 0 saturated heterocycles. The fraction of sp³-hybridized carbons (Fsp3) is 0.214. The van der Waals surface area contributed by atoms with Crippen LogP contribution in [-0.2, 0) is 0 Å². The number of aromatic nitrogens is 1. The lowest BCUT2D eigenvalue weighted by molar-refractivity contribution is 0.219. The molecule has 0 aliphatic heterocycles. The molecule has 0 bridgehead atoms. The van der Waals surface area contributed by atoms with Crippen molar-refractivity contribution in [1.82, 2.24) is 4.98 Å². The van der Waals surface area contributed by atoms with Crippen LogP contribution in [0.4, 0.5) is 0 Å². The van der Waals surface area contributed by atoms with Gasteiger partial charge >= 0.3 is 0 Å². The van der Waals surface area contributed by atoms with Crippen molar-refractivity contribution in [2.24, 2.45) is 0 Å². The Hall–Kier alpha value is -1.29. The average Bonchev–Trinajstić information content (AvgIpc) is 2.41. The molecule has 1 aromatic carbocycles. The zero-order valence-corrected chi connectivity index (χ0v) is 11.8. The molecule has 0 aliphatic rings. The molecule has 100 valence electrons. The highest BCUT2D eigenvalue weighted by molar-refractivity contribution is 6.33. The van der Waals surface area contributed by atoms with Gasteiger partial charge in [-0.2, -0.15) is 0 Å². The van der Waals surface area contributed by atoms with Crippen molar-refractivity contribution >= 4 is 23.2 Å². The molecule has 0 fully saturated rings. The Morgan fingerprint density at radius 3 is 2.79 bits per heavy atom. The zero-order chi connectivity index (χ0) is 13.8. The summed E-state index contributed by atoms with van der Waals surface area (Å²) in [5, 5.41) is 11.3. The second-order valence-corrected chi connectivity index (χ2v) is 4.80. The maximum Gasteiger partial charge on any atom is 0.137 e. The average molecular weight is 298 g/mol. The molecule has 0 radical (unpaired) electrons. The normalized spacial score (nSPS) is 12.2. The highest BCUT2D eigenvalue weighted by Gasteiger charge is 2.15. The number of aliphatic hydroxyl groups excluding tert-OH is 1. The summed E-state index contributed by atoms with van der Waals surface area (Å²) in [6.07, 6.45) is 2.28. The molecule has 0 spiro atoms. The lowest BCUT2D eigenvalue weighted by Gasteiger charge is -2.14. The molecule has 3 nitrogen and oxygen atoms in total. The van der Waals surface area contributed by atoms with E-state index in [1.54, 1.807) is 36.7 Å². The fourth-order valence-corrected chi connectivity index (χ4v) is 2.14. The van der Waals surface area contributed by atoms with E-state index in [-0.39, 0.29) is 0 Å². The standard InChI is InChI=1S/C14H13Cl2NO2/c1-2-19-11-5-9(7-17-8-11)14(18)12-6-10(15)3-4-13(12)16/h3-8,14,18H,2H2,1H3. The van der Waals surface area contributed by atoms with Gasteiger partial charge in [-0.15, -0.1) is 0 Å². The molecular weight excluding hydrogens is 285 g/mol. The number of rotatable bonds is 4. The van der Waals surface area contributed by atoms with Crippen molar-refractivity contribution in [3.05, 3.63) is 57.8 Å². The summed E-state index contributed by atoms with van der Waals surface area (Å²) in [6.45, 7) is 2.43. The van der Waals surface area contributed by atoms with Crippen LogP contribution in [0.25, 0.3) is 0 Å². The van der Waals surface area contributed by atoms with E-state index in [1.165, 1.54) is 0 Å². The van der Waals surface area contributed by atoms with Crippen LogP contribution in [0.5, 0.6) is 5.75 Å². The van der Waals surface area contributed by atoms with Gasteiger partial charge in [0.05, 0.1) is 12.8 Å². The zero-order valence-electron chi connectivity index (χ0n) is 10.3. The number of halogens is 2. The Balaban J connectivity index is 2.35. The van der Waals surface area contributed by atoms with Crippen molar-refractivity contribution < 1.29 is 9.84 Å².